The van der Waals surface area contributed by atoms with E-state index in [-0.39, 0.29) is 24.8 Å². The van der Waals surface area contributed by atoms with Crippen LogP contribution in [-0.4, -0.2) is 34.3 Å². The summed E-state index contributed by atoms with van der Waals surface area (Å²) >= 11 is 14.5. The molecule has 198 valence electrons. The molecule has 38 heavy (non-hydrogen) atoms. The van der Waals surface area contributed by atoms with Gasteiger partial charge in [0.2, 0.25) is 0 Å². The Labute approximate surface area is 244 Å². The van der Waals surface area contributed by atoms with E-state index in [4.69, 9.17) is 34.0 Å². The van der Waals surface area contributed by atoms with Gasteiger partial charge in [0.15, 0.2) is 0 Å². The number of hydrogen-bond donors (Lipinski definition) is 2. The lowest BCUT2D eigenvalue weighted by Gasteiger charge is -2.36. The number of carbonyl (C=O) groups is 3. The monoisotopic (exact) mass is 665 g/mol. The summed E-state index contributed by atoms with van der Waals surface area (Å²) in [5, 5.41) is 9.98. The summed E-state index contributed by atoms with van der Waals surface area (Å²) in [4.78, 5) is 42.9. The second-order valence-corrected chi connectivity index (χ2v) is 11.2. The number of fused-ring (bicyclic) bond motifs is 1. The molecule has 0 radical (unpaired) electrons. The van der Waals surface area contributed by atoms with Crippen LogP contribution in [0.4, 0.5) is 11.4 Å². The van der Waals surface area contributed by atoms with Crippen molar-refractivity contribution in [3.05, 3.63) is 91.0 Å². The molecule has 0 aromatic heterocycles. The van der Waals surface area contributed by atoms with Gasteiger partial charge in [0.05, 0.1) is 28.0 Å². The highest BCUT2D eigenvalue weighted by molar-refractivity contribution is 14.1. The number of aliphatic carboxylic acids is 1. The van der Waals surface area contributed by atoms with Gasteiger partial charge in [0, 0.05) is 21.6 Å². The van der Waals surface area contributed by atoms with Gasteiger partial charge in [-0.3, -0.25) is 14.4 Å². The number of nitrogen functional groups attached to an aromatic ring is 1. The van der Waals surface area contributed by atoms with Crippen molar-refractivity contribution in [2.45, 2.75) is 38.3 Å². The fourth-order valence-corrected chi connectivity index (χ4v) is 5.40. The van der Waals surface area contributed by atoms with Gasteiger partial charge < -0.3 is 20.6 Å². The molecule has 0 saturated heterocycles. The zero-order valence-electron chi connectivity index (χ0n) is 20.5. The van der Waals surface area contributed by atoms with Crippen LogP contribution in [0.25, 0.3) is 0 Å². The topological polar surface area (TPSA) is 104 Å². The van der Waals surface area contributed by atoms with E-state index in [1.54, 1.807) is 52.3 Å². The Kier molecular flexibility index (Phi) is 8.85. The maximum absolute atomic E-state index is 14.4. The van der Waals surface area contributed by atoms with Crippen molar-refractivity contribution in [3.63, 3.8) is 0 Å². The number of unbranched alkanes of at least 4 members (excludes halogenated alkanes) is 1. The maximum Gasteiger partial charge on any atom is 0.303 e. The zero-order valence-corrected chi connectivity index (χ0v) is 24.2. The quantitative estimate of drug-likeness (QED) is 0.158. The van der Waals surface area contributed by atoms with Gasteiger partial charge in [0.1, 0.15) is 6.04 Å². The molecule has 1 heterocycles. The van der Waals surface area contributed by atoms with E-state index in [2.05, 4.69) is 22.6 Å². The average Bonchev–Trinajstić information content (AvgIpc) is 2.96. The third-order valence-electron chi connectivity index (χ3n) is 6.62. The van der Waals surface area contributed by atoms with Crippen molar-refractivity contribution in [3.8, 4) is 0 Å². The average molecular weight is 666 g/mol. The zero-order chi connectivity index (χ0) is 27.6. The Morgan fingerprint density at radius 3 is 2.42 bits per heavy atom. The number of carboxylic acids is 1. The first-order valence-corrected chi connectivity index (χ1v) is 13.9. The summed E-state index contributed by atoms with van der Waals surface area (Å²) in [7, 11) is 0. The van der Waals surface area contributed by atoms with Crippen molar-refractivity contribution in [1.29, 1.82) is 0 Å². The second kappa shape index (κ2) is 11.9. The van der Waals surface area contributed by atoms with Gasteiger partial charge in [-0.2, -0.15) is 0 Å². The van der Waals surface area contributed by atoms with E-state index in [9.17, 15) is 14.4 Å². The van der Waals surface area contributed by atoms with Crippen molar-refractivity contribution in [2.75, 3.05) is 17.2 Å². The number of carbonyl (C=O) groups excluding carboxylic acids is 2. The van der Waals surface area contributed by atoms with E-state index < -0.39 is 18.1 Å². The Morgan fingerprint density at radius 2 is 1.76 bits per heavy atom. The lowest BCUT2D eigenvalue weighted by atomic mass is 9.98. The van der Waals surface area contributed by atoms with Crippen LogP contribution >= 0.6 is 45.8 Å². The van der Waals surface area contributed by atoms with E-state index in [1.165, 1.54) is 0 Å². The highest BCUT2D eigenvalue weighted by Crippen LogP contribution is 2.41. The summed E-state index contributed by atoms with van der Waals surface area (Å²) in [5.74, 6) is -1.51. The van der Waals surface area contributed by atoms with Gasteiger partial charge >= 0.3 is 5.97 Å². The molecule has 2 amide bonds. The second-order valence-electron chi connectivity index (χ2n) is 9.13. The fraction of sp³-hybridized carbons (Fsp3) is 0.250. The molecule has 0 spiro atoms. The molecule has 1 aliphatic rings. The molecule has 0 fully saturated rings. The van der Waals surface area contributed by atoms with Crippen molar-refractivity contribution < 1.29 is 19.5 Å². The van der Waals surface area contributed by atoms with Crippen molar-refractivity contribution >= 4 is 75.0 Å². The molecule has 4 rings (SSSR count). The summed E-state index contributed by atoms with van der Waals surface area (Å²) < 4.78 is 0.848. The third kappa shape index (κ3) is 5.92. The summed E-state index contributed by atoms with van der Waals surface area (Å²) in [5.41, 5.74) is 8.66. The van der Waals surface area contributed by atoms with Crippen molar-refractivity contribution in [2.24, 2.45) is 0 Å². The van der Waals surface area contributed by atoms with Gasteiger partial charge in [-0.15, -0.1) is 0 Å². The van der Waals surface area contributed by atoms with Crippen LogP contribution < -0.4 is 10.6 Å². The minimum atomic E-state index is -1.00. The predicted octanol–water partition coefficient (Wildman–Crippen LogP) is 6.73. The molecule has 2 unspecified atom stereocenters. The van der Waals surface area contributed by atoms with Crippen LogP contribution in [0.3, 0.4) is 0 Å². The molecular weight excluding hydrogens is 640 g/mol. The van der Waals surface area contributed by atoms with Gasteiger partial charge in [-0.1, -0.05) is 41.4 Å². The van der Waals surface area contributed by atoms with Crippen LogP contribution in [0.5, 0.6) is 0 Å². The largest absolute Gasteiger partial charge is 0.481 e. The van der Waals surface area contributed by atoms with Crippen LogP contribution in [0.2, 0.25) is 10.0 Å². The number of nitrogens with two attached hydrogens (primary N) is 1. The lowest BCUT2D eigenvalue weighted by Crippen LogP contribution is -2.44. The van der Waals surface area contributed by atoms with E-state index in [1.807, 2.05) is 25.1 Å². The minimum Gasteiger partial charge on any atom is -0.481 e. The van der Waals surface area contributed by atoms with Gasteiger partial charge in [-0.05, 0) is 95.9 Å². The number of amides is 2. The smallest absolute Gasteiger partial charge is 0.303 e. The molecule has 7 nitrogen and oxygen atoms in total. The van der Waals surface area contributed by atoms with Crippen molar-refractivity contribution in [1.82, 2.24) is 4.90 Å². The first-order valence-electron chi connectivity index (χ1n) is 12.0. The van der Waals surface area contributed by atoms with Crippen LogP contribution in [0.15, 0.2) is 60.7 Å². The number of nitrogens with zero attached hydrogens (tertiary/aromatic N) is 2. The molecule has 3 N–H and O–H groups in total. The maximum atomic E-state index is 14.4. The third-order valence-corrected chi connectivity index (χ3v) is 7.89. The van der Waals surface area contributed by atoms with Crippen LogP contribution in [-0.2, 0) is 9.59 Å². The lowest BCUT2D eigenvalue weighted by molar-refractivity contribution is -0.137. The first-order chi connectivity index (χ1) is 18.1. The molecule has 3 aromatic rings. The van der Waals surface area contributed by atoms with E-state index in [0.29, 0.717) is 45.4 Å². The Balaban J connectivity index is 1.88. The molecule has 2 atom stereocenters. The first kappa shape index (κ1) is 28.2. The molecule has 0 bridgehead atoms. The molecule has 10 heteroatoms. The summed E-state index contributed by atoms with van der Waals surface area (Å²) in [6.07, 6.45) is 0.855. The Bertz CT molecular complexity index is 1380. The number of rotatable bonds is 8. The predicted molar refractivity (Wildman–Crippen MR) is 158 cm³/mol. The minimum absolute atomic E-state index is 0.00260. The Hall–Kier alpha value is -2.82. The SMILES string of the molecule is CC(c1ccc(Cl)cc1)N1C(=O)c2cc(I)ccc2N(CCCCC(=O)O)C(=O)C1c1ccc(Cl)c(N)c1. The number of benzene rings is 3. The molecule has 0 saturated carbocycles. The molecule has 0 aliphatic carbocycles. The normalized spacial score (nSPS) is 16.3. The molecular formula is C28H26Cl2IN3O4. The van der Waals surface area contributed by atoms with Crippen LogP contribution in [0.1, 0.15) is 59.8 Å². The summed E-state index contributed by atoms with van der Waals surface area (Å²) in [6.45, 7) is 2.13. The highest BCUT2D eigenvalue weighted by atomic mass is 127. The Morgan fingerprint density at radius 1 is 1.05 bits per heavy atom. The van der Waals surface area contributed by atoms with E-state index in [0.717, 1.165) is 9.13 Å². The van der Waals surface area contributed by atoms with Crippen LogP contribution in [0, 0.1) is 3.57 Å². The summed E-state index contributed by atoms with van der Waals surface area (Å²) in [6, 6.07) is 16.0. The standard InChI is InChI=1S/C28H26Cl2IN3O4/c1-16(17-5-8-19(29)9-6-17)34-26(18-7-11-22(30)23(32)14-18)28(38)33(13-3-2-4-25(35)36)24-12-10-20(31)15-21(24)27(34)37/h5-12,14-16,26H,2-4,13,32H2,1H3,(H,35,36). The van der Waals surface area contributed by atoms with Gasteiger partial charge in [-0.25, -0.2) is 0 Å². The fourth-order valence-electron chi connectivity index (χ4n) is 4.67. The van der Waals surface area contributed by atoms with Gasteiger partial charge in [0.25, 0.3) is 11.8 Å². The van der Waals surface area contributed by atoms with E-state index >= 15 is 0 Å². The number of halogens is 3. The number of anilines is 2. The highest BCUT2D eigenvalue weighted by Gasteiger charge is 2.43. The number of carboxylic acid groups (broad SMARTS) is 1. The number of hydrogen-bond acceptors (Lipinski definition) is 4. The molecule has 1 aliphatic heterocycles. The molecule has 3 aromatic carbocycles.